The van der Waals surface area contributed by atoms with Gasteiger partial charge in [0.05, 0.1) is 13.2 Å². The number of carbonyl (C=O) groups excluding carboxylic acids is 1. The molecule has 13 heteroatoms. The van der Waals surface area contributed by atoms with Crippen molar-refractivity contribution >= 4 is 28.5 Å². The molecule has 0 saturated carbocycles. The van der Waals surface area contributed by atoms with Crippen molar-refractivity contribution in [2.75, 3.05) is 31.7 Å². The van der Waals surface area contributed by atoms with Gasteiger partial charge in [0.15, 0.2) is 11.5 Å². The maximum absolute atomic E-state index is 12.7. The summed E-state index contributed by atoms with van der Waals surface area (Å²) in [4.78, 5) is 12.5. The van der Waals surface area contributed by atoms with Crippen molar-refractivity contribution in [1.29, 1.82) is 5.26 Å². The number of rotatable bonds is 16. The zero-order valence-corrected chi connectivity index (χ0v) is 24.0. The van der Waals surface area contributed by atoms with Crippen molar-refractivity contribution in [3.8, 4) is 29.1 Å². The SMILES string of the molecule is CCCCCCOc1ccc(OCCOc2ccc(/C=C(/C#N)C(=O)Nc3nnc(C(F)(F)F)s3)cc2OCC)cc1. The van der Waals surface area contributed by atoms with Crippen molar-refractivity contribution in [1.82, 2.24) is 10.2 Å². The van der Waals surface area contributed by atoms with Gasteiger partial charge in [-0.25, -0.2) is 0 Å². The lowest BCUT2D eigenvalue weighted by molar-refractivity contribution is -0.138. The van der Waals surface area contributed by atoms with E-state index in [2.05, 4.69) is 22.4 Å². The number of anilines is 1. The number of hydrogen-bond acceptors (Lipinski definition) is 9. The van der Waals surface area contributed by atoms with Gasteiger partial charge in [0, 0.05) is 0 Å². The number of nitriles is 1. The molecule has 1 aromatic heterocycles. The molecule has 0 unspecified atom stereocenters. The second-order valence-corrected chi connectivity index (χ2v) is 9.73. The van der Waals surface area contributed by atoms with E-state index in [-0.39, 0.29) is 35.3 Å². The molecule has 1 heterocycles. The Morgan fingerprint density at radius 2 is 1.62 bits per heavy atom. The van der Waals surface area contributed by atoms with Crippen LogP contribution in [0.5, 0.6) is 23.0 Å². The van der Waals surface area contributed by atoms with Crippen molar-refractivity contribution in [2.24, 2.45) is 0 Å². The number of nitrogens with one attached hydrogen (secondary N) is 1. The number of ether oxygens (including phenoxy) is 4. The largest absolute Gasteiger partial charge is 0.494 e. The first-order chi connectivity index (χ1) is 20.2. The van der Waals surface area contributed by atoms with Crippen LogP contribution in [-0.2, 0) is 11.0 Å². The first-order valence-electron chi connectivity index (χ1n) is 13.3. The average molecular weight is 605 g/mol. The Kier molecular flexibility index (Phi) is 12.4. The lowest BCUT2D eigenvalue weighted by Crippen LogP contribution is -2.13. The van der Waals surface area contributed by atoms with Crippen LogP contribution in [0.1, 0.15) is 50.1 Å². The second-order valence-electron chi connectivity index (χ2n) is 8.75. The number of hydrogen-bond donors (Lipinski definition) is 1. The highest BCUT2D eigenvalue weighted by molar-refractivity contribution is 7.15. The normalized spacial score (nSPS) is 11.5. The molecule has 224 valence electrons. The fourth-order valence-electron chi connectivity index (χ4n) is 3.53. The summed E-state index contributed by atoms with van der Waals surface area (Å²) in [5.41, 5.74) is 0.0888. The highest BCUT2D eigenvalue weighted by Crippen LogP contribution is 2.33. The summed E-state index contributed by atoms with van der Waals surface area (Å²) >= 11 is 0.158. The molecule has 0 saturated heterocycles. The Bertz CT molecular complexity index is 1370. The minimum absolute atomic E-state index is 0.158. The zero-order chi connectivity index (χ0) is 30.4. The van der Waals surface area contributed by atoms with Crippen LogP contribution in [0.4, 0.5) is 18.3 Å². The lowest BCUT2D eigenvalue weighted by Gasteiger charge is -2.13. The smallest absolute Gasteiger partial charge is 0.445 e. The Labute approximate surface area is 245 Å². The van der Waals surface area contributed by atoms with Crippen LogP contribution >= 0.6 is 11.3 Å². The second kappa shape index (κ2) is 16.2. The summed E-state index contributed by atoms with van der Waals surface area (Å²) in [5.74, 6) is 1.35. The molecule has 0 atom stereocenters. The molecule has 9 nitrogen and oxygen atoms in total. The van der Waals surface area contributed by atoms with E-state index >= 15 is 0 Å². The molecule has 2 aromatic carbocycles. The molecule has 0 bridgehead atoms. The van der Waals surface area contributed by atoms with Crippen LogP contribution in [0.25, 0.3) is 6.08 Å². The van der Waals surface area contributed by atoms with Gasteiger partial charge >= 0.3 is 6.18 Å². The van der Waals surface area contributed by atoms with E-state index in [4.69, 9.17) is 18.9 Å². The molecular formula is C29H31F3N4O5S. The molecular weight excluding hydrogens is 573 g/mol. The molecule has 0 fully saturated rings. The number of halogens is 3. The summed E-state index contributed by atoms with van der Waals surface area (Å²) < 4.78 is 61.1. The standard InChI is InChI=1S/C29H31F3N4O5S/c1-3-5-6-7-14-39-22-9-11-23(12-10-22)40-15-16-41-24-13-8-20(18-25(24)38-4-2)17-21(19-33)26(37)34-28-36-35-27(42-28)29(30,31)32/h8-13,17-18H,3-7,14-16H2,1-2H3,(H,34,36,37)/b21-17-. The van der Waals surface area contributed by atoms with Gasteiger partial charge in [-0.2, -0.15) is 18.4 Å². The van der Waals surface area contributed by atoms with Crippen LogP contribution in [0, 0.1) is 11.3 Å². The van der Waals surface area contributed by atoms with E-state index in [9.17, 15) is 23.2 Å². The monoisotopic (exact) mass is 604 g/mol. The van der Waals surface area contributed by atoms with Gasteiger partial charge in [0.1, 0.15) is 36.4 Å². The predicted molar refractivity (Wildman–Crippen MR) is 152 cm³/mol. The highest BCUT2D eigenvalue weighted by Gasteiger charge is 2.35. The Balaban J connectivity index is 1.54. The van der Waals surface area contributed by atoms with Crippen molar-refractivity contribution in [3.63, 3.8) is 0 Å². The molecule has 0 spiro atoms. The van der Waals surface area contributed by atoms with Crippen LogP contribution in [0.15, 0.2) is 48.0 Å². The number of unbranched alkanes of at least 4 members (excludes halogenated alkanes) is 3. The molecule has 0 aliphatic carbocycles. The average Bonchev–Trinajstić information content (AvgIpc) is 3.45. The number of alkyl halides is 3. The van der Waals surface area contributed by atoms with E-state index in [0.717, 1.165) is 18.6 Å². The summed E-state index contributed by atoms with van der Waals surface area (Å²) in [5, 5.41) is 16.3. The third kappa shape index (κ3) is 10.3. The molecule has 1 amide bonds. The third-order valence-corrected chi connectivity index (χ3v) is 6.42. The van der Waals surface area contributed by atoms with Crippen LogP contribution in [0.2, 0.25) is 0 Å². The topological polar surface area (TPSA) is 116 Å². The van der Waals surface area contributed by atoms with Crippen molar-refractivity contribution in [3.05, 3.63) is 58.6 Å². The van der Waals surface area contributed by atoms with Crippen molar-refractivity contribution in [2.45, 2.75) is 45.7 Å². The maximum Gasteiger partial charge on any atom is 0.445 e. The number of aromatic nitrogens is 2. The van der Waals surface area contributed by atoms with Crippen molar-refractivity contribution < 1.29 is 36.9 Å². The van der Waals surface area contributed by atoms with Crippen LogP contribution < -0.4 is 24.3 Å². The quantitative estimate of drug-likeness (QED) is 0.106. The minimum atomic E-state index is -4.69. The Morgan fingerprint density at radius 3 is 2.24 bits per heavy atom. The zero-order valence-electron chi connectivity index (χ0n) is 23.2. The van der Waals surface area contributed by atoms with Gasteiger partial charge in [0.25, 0.3) is 5.91 Å². The highest BCUT2D eigenvalue weighted by atomic mass is 32.1. The van der Waals surface area contributed by atoms with Crippen LogP contribution in [0.3, 0.4) is 0 Å². The Hall–Kier alpha value is -4.31. The van der Waals surface area contributed by atoms with Gasteiger partial charge in [-0.05, 0) is 61.4 Å². The van der Waals surface area contributed by atoms with Gasteiger partial charge < -0.3 is 18.9 Å². The third-order valence-electron chi connectivity index (χ3n) is 5.53. The van der Waals surface area contributed by atoms with E-state index in [0.29, 0.717) is 36.0 Å². The van der Waals surface area contributed by atoms with Crippen LogP contribution in [-0.4, -0.2) is 42.5 Å². The minimum Gasteiger partial charge on any atom is -0.494 e. The maximum atomic E-state index is 12.7. The molecule has 0 aliphatic heterocycles. The molecule has 42 heavy (non-hydrogen) atoms. The number of amides is 1. The van der Waals surface area contributed by atoms with Gasteiger partial charge in [0.2, 0.25) is 10.1 Å². The number of nitrogens with zero attached hydrogens (tertiary/aromatic N) is 3. The predicted octanol–water partition coefficient (Wildman–Crippen LogP) is 6.92. The lowest BCUT2D eigenvalue weighted by atomic mass is 10.1. The fourth-order valence-corrected chi connectivity index (χ4v) is 4.14. The molecule has 0 radical (unpaired) electrons. The fraction of sp³-hybridized carbons (Fsp3) is 0.379. The summed E-state index contributed by atoms with van der Waals surface area (Å²) in [7, 11) is 0. The molecule has 0 aliphatic rings. The summed E-state index contributed by atoms with van der Waals surface area (Å²) in [6.45, 7) is 5.47. The summed E-state index contributed by atoms with van der Waals surface area (Å²) in [6.07, 6.45) is 1.16. The molecule has 3 rings (SSSR count). The van der Waals surface area contributed by atoms with E-state index < -0.39 is 17.1 Å². The first-order valence-corrected chi connectivity index (χ1v) is 14.1. The molecule has 3 aromatic rings. The number of benzene rings is 2. The molecule has 1 N–H and O–H groups in total. The van der Waals surface area contributed by atoms with E-state index in [1.54, 1.807) is 31.2 Å². The number of carbonyl (C=O) groups is 1. The summed E-state index contributed by atoms with van der Waals surface area (Å²) in [6, 6.07) is 13.9. The Morgan fingerprint density at radius 1 is 0.929 bits per heavy atom. The first kappa shape index (κ1) is 32.2. The van der Waals surface area contributed by atoms with E-state index in [1.807, 2.05) is 24.3 Å². The van der Waals surface area contributed by atoms with Gasteiger partial charge in [-0.3, -0.25) is 10.1 Å². The van der Waals surface area contributed by atoms with Gasteiger partial charge in [-0.1, -0.05) is 43.6 Å². The van der Waals surface area contributed by atoms with Gasteiger partial charge in [-0.15, -0.1) is 10.2 Å². The van der Waals surface area contributed by atoms with E-state index in [1.165, 1.54) is 18.9 Å².